The van der Waals surface area contributed by atoms with Gasteiger partial charge in [-0.3, -0.25) is 4.79 Å². The maximum atomic E-state index is 12.1. The molecule has 0 spiro atoms. The maximum absolute atomic E-state index is 12.1. The molecule has 0 aliphatic heterocycles. The summed E-state index contributed by atoms with van der Waals surface area (Å²) in [7, 11) is 1.07. The highest BCUT2D eigenvalue weighted by Gasteiger charge is 2.22. The minimum absolute atomic E-state index is 0.110. The second kappa shape index (κ2) is 7.99. The van der Waals surface area contributed by atoms with E-state index in [9.17, 15) is 13.2 Å². The average molecular weight is 315 g/mol. The SMILES string of the molecule is CNC(CS(=O)(=O)CCC(=O)OC)c1ccccc1OC. The van der Waals surface area contributed by atoms with Gasteiger partial charge in [0, 0.05) is 11.6 Å². The fourth-order valence-electron chi connectivity index (χ4n) is 1.96. The molecule has 1 aromatic carbocycles. The molecule has 0 aromatic heterocycles. The molecule has 0 saturated carbocycles. The summed E-state index contributed by atoms with van der Waals surface area (Å²) in [4.78, 5) is 11.1. The minimum Gasteiger partial charge on any atom is -0.496 e. The van der Waals surface area contributed by atoms with Gasteiger partial charge in [-0.2, -0.15) is 0 Å². The van der Waals surface area contributed by atoms with Crippen LogP contribution in [0.2, 0.25) is 0 Å². The van der Waals surface area contributed by atoms with Crippen LogP contribution in [-0.2, 0) is 19.4 Å². The Hall–Kier alpha value is -1.60. The van der Waals surface area contributed by atoms with Crippen LogP contribution in [0.1, 0.15) is 18.0 Å². The Labute approximate surface area is 125 Å². The van der Waals surface area contributed by atoms with Crippen LogP contribution in [0, 0.1) is 0 Å². The van der Waals surface area contributed by atoms with Gasteiger partial charge in [-0.25, -0.2) is 8.42 Å². The number of methoxy groups -OCH3 is 2. The molecule has 0 aliphatic carbocycles. The van der Waals surface area contributed by atoms with Gasteiger partial charge < -0.3 is 14.8 Å². The van der Waals surface area contributed by atoms with Crippen molar-refractivity contribution in [2.45, 2.75) is 12.5 Å². The van der Waals surface area contributed by atoms with E-state index in [-0.39, 0.29) is 17.9 Å². The van der Waals surface area contributed by atoms with Crippen LogP contribution in [0.3, 0.4) is 0 Å². The lowest BCUT2D eigenvalue weighted by Crippen LogP contribution is -2.27. The topological polar surface area (TPSA) is 81.7 Å². The second-order valence-corrected chi connectivity index (χ2v) is 6.75. The number of ether oxygens (including phenoxy) is 2. The number of benzene rings is 1. The first kappa shape index (κ1) is 17.5. The van der Waals surface area contributed by atoms with Crippen molar-refractivity contribution < 1.29 is 22.7 Å². The van der Waals surface area contributed by atoms with Crippen molar-refractivity contribution in [3.05, 3.63) is 29.8 Å². The molecular formula is C14H21NO5S. The van der Waals surface area contributed by atoms with E-state index in [1.54, 1.807) is 13.1 Å². The summed E-state index contributed by atoms with van der Waals surface area (Å²) < 4.78 is 33.9. The zero-order valence-corrected chi connectivity index (χ0v) is 13.3. The number of hydrogen-bond acceptors (Lipinski definition) is 6. The smallest absolute Gasteiger partial charge is 0.306 e. The van der Waals surface area contributed by atoms with Crippen molar-refractivity contribution in [3.63, 3.8) is 0 Å². The van der Waals surface area contributed by atoms with E-state index in [1.165, 1.54) is 14.2 Å². The third-order valence-electron chi connectivity index (χ3n) is 3.13. The number of carbonyl (C=O) groups is 1. The summed E-state index contributed by atoms with van der Waals surface area (Å²) >= 11 is 0. The van der Waals surface area contributed by atoms with E-state index in [4.69, 9.17) is 4.74 Å². The predicted octanol–water partition coefficient (Wildman–Crippen LogP) is 0.934. The van der Waals surface area contributed by atoms with Gasteiger partial charge >= 0.3 is 5.97 Å². The molecular weight excluding hydrogens is 294 g/mol. The van der Waals surface area contributed by atoms with Gasteiger partial charge in [-0.15, -0.1) is 0 Å². The first-order valence-corrected chi connectivity index (χ1v) is 8.33. The molecule has 1 aromatic rings. The zero-order chi connectivity index (χ0) is 15.9. The zero-order valence-electron chi connectivity index (χ0n) is 12.5. The van der Waals surface area contributed by atoms with Crippen LogP contribution >= 0.6 is 0 Å². The molecule has 7 heteroatoms. The van der Waals surface area contributed by atoms with E-state index >= 15 is 0 Å². The minimum atomic E-state index is -3.39. The fraction of sp³-hybridized carbons (Fsp3) is 0.500. The quantitative estimate of drug-likeness (QED) is 0.719. The molecule has 118 valence electrons. The summed E-state index contributed by atoms with van der Waals surface area (Å²) in [5, 5.41) is 2.98. The molecule has 0 bridgehead atoms. The molecule has 1 N–H and O–H groups in total. The van der Waals surface area contributed by atoms with E-state index in [0.29, 0.717) is 5.75 Å². The van der Waals surface area contributed by atoms with Gasteiger partial charge in [0.05, 0.1) is 32.1 Å². The number of rotatable bonds is 8. The summed E-state index contributed by atoms with van der Waals surface area (Å²) in [6.45, 7) is 0. The summed E-state index contributed by atoms with van der Waals surface area (Å²) in [6, 6.07) is 6.84. The van der Waals surface area contributed by atoms with Crippen molar-refractivity contribution in [2.75, 3.05) is 32.8 Å². The largest absolute Gasteiger partial charge is 0.496 e. The predicted molar refractivity (Wildman–Crippen MR) is 80.1 cm³/mol. The Balaban J connectivity index is 2.84. The Kier molecular flexibility index (Phi) is 6.64. The lowest BCUT2D eigenvalue weighted by Gasteiger charge is -2.19. The van der Waals surface area contributed by atoms with Gasteiger partial charge in [0.1, 0.15) is 5.75 Å². The number of hydrogen-bond donors (Lipinski definition) is 1. The number of para-hydroxylation sites is 1. The molecule has 1 atom stereocenters. The molecule has 0 fully saturated rings. The highest BCUT2D eigenvalue weighted by Crippen LogP contribution is 2.25. The van der Waals surface area contributed by atoms with E-state index in [0.717, 1.165) is 5.56 Å². The normalized spacial score (nSPS) is 12.7. The van der Waals surface area contributed by atoms with Gasteiger partial charge in [-0.05, 0) is 13.1 Å². The summed E-state index contributed by atoms with van der Waals surface area (Å²) in [5.74, 6) is -0.245. The van der Waals surface area contributed by atoms with Crippen LogP contribution in [0.5, 0.6) is 5.75 Å². The van der Waals surface area contributed by atoms with Crippen molar-refractivity contribution in [1.82, 2.24) is 5.32 Å². The Bertz CT molecular complexity index is 570. The molecule has 1 unspecified atom stereocenters. The Morgan fingerprint density at radius 2 is 1.95 bits per heavy atom. The molecule has 21 heavy (non-hydrogen) atoms. The van der Waals surface area contributed by atoms with Gasteiger partial charge in [0.2, 0.25) is 0 Å². The number of sulfone groups is 1. The molecule has 0 amide bonds. The molecule has 0 heterocycles. The Morgan fingerprint density at radius 1 is 1.29 bits per heavy atom. The van der Waals surface area contributed by atoms with Crippen molar-refractivity contribution in [3.8, 4) is 5.75 Å². The van der Waals surface area contributed by atoms with E-state index in [1.807, 2.05) is 18.2 Å². The highest BCUT2D eigenvalue weighted by atomic mass is 32.2. The lowest BCUT2D eigenvalue weighted by atomic mass is 10.1. The first-order valence-electron chi connectivity index (χ1n) is 6.51. The highest BCUT2D eigenvalue weighted by molar-refractivity contribution is 7.91. The summed E-state index contributed by atoms with van der Waals surface area (Å²) in [6.07, 6.45) is -0.138. The third-order valence-corrected chi connectivity index (χ3v) is 4.80. The van der Waals surface area contributed by atoms with Gasteiger partial charge in [0.15, 0.2) is 9.84 Å². The molecule has 1 rings (SSSR count). The number of carbonyl (C=O) groups excluding carboxylic acids is 1. The molecule has 6 nitrogen and oxygen atoms in total. The van der Waals surface area contributed by atoms with Crippen molar-refractivity contribution in [2.24, 2.45) is 0 Å². The summed E-state index contributed by atoms with van der Waals surface area (Å²) in [5.41, 5.74) is 0.768. The maximum Gasteiger partial charge on any atom is 0.306 e. The third kappa shape index (κ3) is 5.35. The average Bonchev–Trinajstić information content (AvgIpc) is 2.50. The van der Waals surface area contributed by atoms with Crippen LogP contribution < -0.4 is 10.1 Å². The first-order chi connectivity index (χ1) is 9.93. The molecule has 0 aliphatic rings. The van der Waals surface area contributed by atoms with Crippen LogP contribution in [-0.4, -0.2) is 47.2 Å². The molecule has 0 saturated heterocycles. The Morgan fingerprint density at radius 3 is 2.52 bits per heavy atom. The van der Waals surface area contributed by atoms with Crippen LogP contribution in [0.4, 0.5) is 0 Å². The standard InChI is InChI=1S/C14H21NO5S/c1-15-12(11-6-4-5-7-13(11)19-2)10-21(17,18)9-8-14(16)20-3/h4-7,12,15H,8-10H2,1-3H3. The number of esters is 1. The monoisotopic (exact) mass is 315 g/mol. The van der Waals surface area contributed by atoms with Crippen molar-refractivity contribution >= 4 is 15.8 Å². The van der Waals surface area contributed by atoms with Gasteiger partial charge in [0.25, 0.3) is 0 Å². The van der Waals surface area contributed by atoms with Crippen molar-refractivity contribution in [1.29, 1.82) is 0 Å². The van der Waals surface area contributed by atoms with Crippen LogP contribution in [0.25, 0.3) is 0 Å². The fourth-order valence-corrected chi connectivity index (χ4v) is 3.46. The van der Waals surface area contributed by atoms with E-state index in [2.05, 4.69) is 10.1 Å². The van der Waals surface area contributed by atoms with E-state index < -0.39 is 21.8 Å². The second-order valence-electron chi connectivity index (χ2n) is 4.52. The van der Waals surface area contributed by atoms with Gasteiger partial charge in [-0.1, -0.05) is 18.2 Å². The number of nitrogens with one attached hydrogen (secondary N) is 1. The lowest BCUT2D eigenvalue weighted by molar-refractivity contribution is -0.140. The van der Waals surface area contributed by atoms with Crippen LogP contribution in [0.15, 0.2) is 24.3 Å². The molecule has 0 radical (unpaired) electrons.